The molecule has 0 aliphatic carbocycles. The van der Waals surface area contributed by atoms with Crippen LogP contribution in [0.4, 0.5) is 0 Å². The van der Waals surface area contributed by atoms with E-state index in [9.17, 15) is 5.11 Å². The van der Waals surface area contributed by atoms with Crippen molar-refractivity contribution in [2.75, 3.05) is 56.2 Å². The second-order valence-corrected chi connectivity index (χ2v) is 5.98. The first-order valence-electron chi connectivity index (χ1n) is 8.98. The zero-order valence-corrected chi connectivity index (χ0v) is 18.0. The van der Waals surface area contributed by atoms with Crippen molar-refractivity contribution in [2.24, 2.45) is 0 Å². The summed E-state index contributed by atoms with van der Waals surface area (Å²) in [6, 6.07) is 6.66. The topological polar surface area (TPSA) is 94.1 Å². The molecule has 0 bridgehead atoms. The second kappa shape index (κ2) is 11.3. The van der Waals surface area contributed by atoms with E-state index in [1.807, 2.05) is 0 Å². The van der Waals surface area contributed by atoms with Crippen LogP contribution in [0.2, 0.25) is 0 Å². The van der Waals surface area contributed by atoms with Gasteiger partial charge in [-0.2, -0.15) is 0 Å². The third-order valence-corrected chi connectivity index (χ3v) is 4.27. The Hall–Kier alpha value is -2.88. The molecule has 1 unspecified atom stereocenters. The molecule has 1 atom stereocenters. The number of hydrogen-bond acceptors (Lipinski definition) is 9. The van der Waals surface area contributed by atoms with Gasteiger partial charge in [0.05, 0.1) is 28.4 Å². The molecule has 0 saturated carbocycles. The minimum atomic E-state index is -1.11. The first-order chi connectivity index (χ1) is 14.6. The monoisotopic (exact) mass is 424 g/mol. The molecule has 1 N–H and O–H groups in total. The summed E-state index contributed by atoms with van der Waals surface area (Å²) in [4.78, 5) is 0. The number of ether oxygens (including phenoxy) is 8. The summed E-state index contributed by atoms with van der Waals surface area (Å²) in [5.74, 6) is 2.20. The minimum Gasteiger partial charge on any atom is -0.493 e. The highest BCUT2D eigenvalue weighted by Crippen LogP contribution is 2.46. The summed E-state index contributed by atoms with van der Waals surface area (Å²) in [5.41, 5.74) is 0.919. The van der Waals surface area contributed by atoms with Crippen molar-refractivity contribution in [1.82, 2.24) is 0 Å². The Kier molecular flexibility index (Phi) is 8.85. The van der Waals surface area contributed by atoms with Gasteiger partial charge in [-0.15, -0.1) is 0 Å². The maximum atomic E-state index is 11.2. The first kappa shape index (κ1) is 23.4. The third kappa shape index (κ3) is 4.99. The van der Waals surface area contributed by atoms with E-state index in [0.29, 0.717) is 34.1 Å². The number of hydrogen-bond donors (Lipinski definition) is 1. The van der Waals surface area contributed by atoms with Crippen LogP contribution in [-0.4, -0.2) is 61.4 Å². The molecule has 0 fully saturated rings. The van der Waals surface area contributed by atoms with Gasteiger partial charge in [0.1, 0.15) is 6.10 Å². The molecule has 0 spiro atoms. The quantitative estimate of drug-likeness (QED) is 0.516. The van der Waals surface area contributed by atoms with Gasteiger partial charge in [0.2, 0.25) is 11.5 Å². The second-order valence-electron chi connectivity index (χ2n) is 5.98. The average Bonchev–Trinajstić information content (AvgIpc) is 2.79. The van der Waals surface area contributed by atoms with Crippen LogP contribution < -0.4 is 28.4 Å². The van der Waals surface area contributed by atoms with Crippen LogP contribution in [0.3, 0.4) is 0 Å². The lowest BCUT2D eigenvalue weighted by molar-refractivity contribution is 0.0290. The molecule has 0 aliphatic heterocycles. The van der Waals surface area contributed by atoms with E-state index in [-0.39, 0.29) is 25.1 Å². The predicted octanol–water partition coefficient (Wildman–Crippen LogP) is 2.77. The molecule has 2 aromatic rings. The molecule has 166 valence electrons. The highest BCUT2D eigenvalue weighted by Gasteiger charge is 2.25. The molecule has 30 heavy (non-hydrogen) atoms. The van der Waals surface area contributed by atoms with Gasteiger partial charge < -0.3 is 43.0 Å². The summed E-state index contributed by atoms with van der Waals surface area (Å²) in [6.07, 6.45) is -1.11. The lowest BCUT2D eigenvalue weighted by atomic mass is 9.99. The Bertz CT molecular complexity index is 797. The van der Waals surface area contributed by atoms with E-state index in [1.54, 1.807) is 24.3 Å². The summed E-state index contributed by atoms with van der Waals surface area (Å²) in [7, 11) is 9.01. The van der Waals surface area contributed by atoms with Crippen LogP contribution >= 0.6 is 0 Å². The smallest absolute Gasteiger partial charge is 0.206 e. The fourth-order valence-corrected chi connectivity index (χ4v) is 2.90. The number of benzene rings is 2. The summed E-state index contributed by atoms with van der Waals surface area (Å²) < 4.78 is 42.9. The molecule has 9 heteroatoms. The fraction of sp³-hybridized carbons (Fsp3) is 0.429. The van der Waals surface area contributed by atoms with Crippen molar-refractivity contribution in [2.45, 2.75) is 6.10 Å². The first-order valence-corrected chi connectivity index (χ1v) is 8.98. The number of aliphatic hydroxyl groups excluding tert-OH is 1. The minimum absolute atomic E-state index is 0.0383. The Labute approximate surface area is 175 Å². The molecule has 0 aromatic heterocycles. The standard InChI is InChI=1S/C21H28O9/c1-23-11-29-19-14(7-8-15(25-3)21(19)30-12-24-2)18(22)13-9-16(26-4)20(28-6)17(10-13)27-5/h7-10,18,22H,11-12H2,1-6H3. The van der Waals surface area contributed by atoms with Gasteiger partial charge in [-0.05, 0) is 29.8 Å². The van der Waals surface area contributed by atoms with E-state index in [0.717, 1.165) is 0 Å². The Balaban J connectivity index is 2.61. The molecule has 0 radical (unpaired) electrons. The van der Waals surface area contributed by atoms with Gasteiger partial charge in [0.15, 0.2) is 36.6 Å². The van der Waals surface area contributed by atoms with Crippen molar-refractivity contribution in [3.63, 3.8) is 0 Å². The molecule has 2 aromatic carbocycles. The third-order valence-electron chi connectivity index (χ3n) is 4.27. The number of methoxy groups -OCH3 is 6. The fourth-order valence-electron chi connectivity index (χ4n) is 2.90. The molecular formula is C21H28O9. The molecule has 0 amide bonds. The van der Waals surface area contributed by atoms with Gasteiger partial charge >= 0.3 is 0 Å². The van der Waals surface area contributed by atoms with Gasteiger partial charge in [-0.25, -0.2) is 0 Å². The van der Waals surface area contributed by atoms with E-state index < -0.39 is 6.10 Å². The summed E-state index contributed by atoms with van der Waals surface area (Å²) >= 11 is 0. The van der Waals surface area contributed by atoms with E-state index in [2.05, 4.69) is 0 Å². The van der Waals surface area contributed by atoms with Crippen LogP contribution in [0.25, 0.3) is 0 Å². The van der Waals surface area contributed by atoms with Crippen LogP contribution in [0.5, 0.6) is 34.5 Å². The molecular weight excluding hydrogens is 396 g/mol. The van der Waals surface area contributed by atoms with Crippen molar-refractivity contribution >= 4 is 0 Å². The highest BCUT2D eigenvalue weighted by atomic mass is 16.7. The SMILES string of the molecule is COCOc1c(OC)ccc(C(O)c2cc(OC)c(OC)c(OC)c2)c1OCOC. The molecule has 2 rings (SSSR count). The Morgan fingerprint density at radius 2 is 1.20 bits per heavy atom. The van der Waals surface area contributed by atoms with Crippen molar-refractivity contribution < 1.29 is 43.0 Å². The normalized spacial score (nSPS) is 11.6. The molecule has 0 heterocycles. The average molecular weight is 424 g/mol. The van der Waals surface area contributed by atoms with Gasteiger partial charge in [-0.3, -0.25) is 0 Å². The lowest BCUT2D eigenvalue weighted by Gasteiger charge is -2.22. The van der Waals surface area contributed by atoms with Gasteiger partial charge in [-0.1, -0.05) is 0 Å². The zero-order chi connectivity index (χ0) is 22.1. The largest absolute Gasteiger partial charge is 0.493 e. The van der Waals surface area contributed by atoms with Crippen molar-refractivity contribution in [3.8, 4) is 34.5 Å². The molecule has 0 aliphatic rings. The lowest BCUT2D eigenvalue weighted by Crippen LogP contribution is -2.10. The van der Waals surface area contributed by atoms with Crippen molar-refractivity contribution in [3.05, 3.63) is 35.4 Å². The van der Waals surface area contributed by atoms with Crippen molar-refractivity contribution in [1.29, 1.82) is 0 Å². The van der Waals surface area contributed by atoms with Crippen LogP contribution in [0.15, 0.2) is 24.3 Å². The summed E-state index contributed by atoms with van der Waals surface area (Å²) in [5, 5.41) is 11.2. The Morgan fingerprint density at radius 3 is 1.67 bits per heavy atom. The molecule has 0 saturated heterocycles. The van der Waals surface area contributed by atoms with Crippen LogP contribution in [0, 0.1) is 0 Å². The maximum Gasteiger partial charge on any atom is 0.206 e. The van der Waals surface area contributed by atoms with Crippen LogP contribution in [0.1, 0.15) is 17.2 Å². The van der Waals surface area contributed by atoms with Gasteiger partial charge in [0, 0.05) is 19.8 Å². The van der Waals surface area contributed by atoms with E-state index >= 15 is 0 Å². The zero-order valence-electron chi connectivity index (χ0n) is 18.0. The highest BCUT2D eigenvalue weighted by molar-refractivity contribution is 5.60. The van der Waals surface area contributed by atoms with Crippen LogP contribution in [-0.2, 0) is 9.47 Å². The number of rotatable bonds is 12. The predicted molar refractivity (Wildman–Crippen MR) is 108 cm³/mol. The Morgan fingerprint density at radius 1 is 0.667 bits per heavy atom. The van der Waals surface area contributed by atoms with E-state index in [4.69, 9.17) is 37.9 Å². The summed E-state index contributed by atoms with van der Waals surface area (Å²) in [6.45, 7) is -0.102. The maximum absolute atomic E-state index is 11.2. The molecule has 9 nitrogen and oxygen atoms in total. The number of aliphatic hydroxyl groups is 1. The van der Waals surface area contributed by atoms with E-state index in [1.165, 1.54) is 42.7 Å². The van der Waals surface area contributed by atoms with Gasteiger partial charge in [0.25, 0.3) is 0 Å².